The van der Waals surface area contributed by atoms with Gasteiger partial charge in [-0.1, -0.05) is 185 Å². The first-order chi connectivity index (χ1) is 28.3. The lowest BCUT2D eigenvalue weighted by Gasteiger charge is -2.44. The monoisotopic (exact) mass is 744 g/mol. The number of nitrogens with zero attached hydrogens (tertiary/aromatic N) is 2. The van der Waals surface area contributed by atoms with Gasteiger partial charge in [-0.05, 0) is 91.7 Å². The molecule has 2 nitrogen and oxygen atoms in total. The molecule has 0 saturated carbocycles. The molecule has 2 heteroatoms. The maximum atomic E-state index is 2.57. The predicted octanol–water partition coefficient (Wildman–Crippen LogP) is 15.5. The van der Waals surface area contributed by atoms with E-state index in [1.165, 1.54) is 77.4 Å². The number of fused-ring (bicyclic) bond motifs is 7. The second kappa shape index (κ2) is 12.8. The van der Waals surface area contributed by atoms with Crippen molar-refractivity contribution in [3.8, 4) is 22.3 Å². The minimum absolute atomic E-state index is 0.150. The smallest absolute Gasteiger partial charge is 0.0781 e. The van der Waals surface area contributed by atoms with Gasteiger partial charge < -0.3 is 9.80 Å². The molecule has 1 aliphatic heterocycles. The molecular formula is C56H44N2. The van der Waals surface area contributed by atoms with E-state index < -0.39 is 0 Å². The van der Waals surface area contributed by atoms with Crippen LogP contribution in [0, 0.1) is 0 Å². The van der Waals surface area contributed by atoms with Crippen LogP contribution < -0.4 is 9.80 Å². The summed E-state index contributed by atoms with van der Waals surface area (Å²) in [6.45, 7) is 9.54. The molecule has 9 aromatic carbocycles. The molecule has 0 bridgehead atoms. The molecule has 9 aromatic rings. The second-order valence-electron chi connectivity index (χ2n) is 16.9. The zero-order valence-electron chi connectivity index (χ0n) is 33.4. The van der Waals surface area contributed by atoms with E-state index in [0.717, 1.165) is 22.7 Å². The molecule has 0 N–H and O–H groups in total. The van der Waals surface area contributed by atoms with Crippen molar-refractivity contribution in [1.29, 1.82) is 0 Å². The summed E-state index contributed by atoms with van der Waals surface area (Å²) in [6, 6.07) is 72.0. The molecule has 278 valence electrons. The van der Waals surface area contributed by atoms with Crippen molar-refractivity contribution in [2.45, 2.75) is 38.5 Å². The van der Waals surface area contributed by atoms with Gasteiger partial charge in [0.05, 0.1) is 28.4 Å². The minimum Gasteiger partial charge on any atom is -0.308 e. The SMILES string of the molecule is CC1(C)c2ccccc2-c2ccc(N(c3ccc4ccccc4c3N3c4ccccc4C(C)(C)c4c(-c5ccccc5)cccc43)c3cccc4ccccc34)cc21. The van der Waals surface area contributed by atoms with E-state index in [2.05, 4.69) is 232 Å². The van der Waals surface area contributed by atoms with Crippen molar-refractivity contribution < 1.29 is 0 Å². The fourth-order valence-corrected chi connectivity index (χ4v) is 10.2. The Morgan fingerprint density at radius 3 is 1.83 bits per heavy atom. The molecule has 0 spiro atoms. The molecule has 11 rings (SSSR count). The van der Waals surface area contributed by atoms with Gasteiger partial charge in [0.1, 0.15) is 0 Å². The van der Waals surface area contributed by atoms with E-state index in [9.17, 15) is 0 Å². The first-order valence-electron chi connectivity index (χ1n) is 20.4. The molecule has 1 heterocycles. The van der Waals surface area contributed by atoms with E-state index in [1.54, 1.807) is 0 Å². The van der Waals surface area contributed by atoms with Crippen LogP contribution in [0.15, 0.2) is 194 Å². The van der Waals surface area contributed by atoms with Crippen molar-refractivity contribution in [2.24, 2.45) is 0 Å². The lowest BCUT2D eigenvalue weighted by Crippen LogP contribution is -2.32. The number of hydrogen-bond donors (Lipinski definition) is 0. The molecule has 0 atom stereocenters. The second-order valence-corrected chi connectivity index (χ2v) is 16.9. The highest BCUT2D eigenvalue weighted by Crippen LogP contribution is 2.59. The van der Waals surface area contributed by atoms with E-state index in [1.807, 2.05) is 0 Å². The van der Waals surface area contributed by atoms with Crippen molar-refractivity contribution in [3.05, 3.63) is 216 Å². The number of rotatable bonds is 5. The third-order valence-electron chi connectivity index (χ3n) is 13.0. The summed E-state index contributed by atoms with van der Waals surface area (Å²) in [7, 11) is 0. The van der Waals surface area contributed by atoms with Crippen LogP contribution in [0.3, 0.4) is 0 Å². The average Bonchev–Trinajstić information content (AvgIpc) is 3.49. The minimum atomic E-state index is -0.268. The number of benzene rings is 9. The van der Waals surface area contributed by atoms with E-state index >= 15 is 0 Å². The molecule has 0 fully saturated rings. The Morgan fingerprint density at radius 1 is 0.397 bits per heavy atom. The van der Waals surface area contributed by atoms with Crippen molar-refractivity contribution >= 4 is 55.7 Å². The molecule has 58 heavy (non-hydrogen) atoms. The van der Waals surface area contributed by atoms with Crippen LogP contribution in [-0.2, 0) is 10.8 Å². The van der Waals surface area contributed by atoms with Crippen LogP contribution >= 0.6 is 0 Å². The van der Waals surface area contributed by atoms with E-state index in [0.29, 0.717) is 0 Å². The Hall–Kier alpha value is -6.90. The van der Waals surface area contributed by atoms with Crippen molar-refractivity contribution in [1.82, 2.24) is 0 Å². The molecule has 0 saturated heterocycles. The average molecular weight is 745 g/mol. The number of anilines is 6. The van der Waals surface area contributed by atoms with Gasteiger partial charge in [0.2, 0.25) is 0 Å². The Kier molecular flexibility index (Phi) is 7.59. The highest BCUT2D eigenvalue weighted by atomic mass is 15.2. The van der Waals surface area contributed by atoms with E-state index in [4.69, 9.17) is 0 Å². The van der Waals surface area contributed by atoms with Gasteiger partial charge in [0.15, 0.2) is 0 Å². The topological polar surface area (TPSA) is 6.48 Å². The van der Waals surface area contributed by atoms with Crippen LogP contribution in [0.5, 0.6) is 0 Å². The molecule has 1 aliphatic carbocycles. The lowest BCUT2D eigenvalue weighted by molar-refractivity contribution is 0.634. The summed E-state index contributed by atoms with van der Waals surface area (Å²) in [4.78, 5) is 5.11. The first-order valence-corrected chi connectivity index (χ1v) is 20.4. The van der Waals surface area contributed by atoms with Gasteiger partial charge in [-0.25, -0.2) is 0 Å². The third-order valence-corrected chi connectivity index (χ3v) is 13.0. The van der Waals surface area contributed by atoms with Crippen LogP contribution in [0.25, 0.3) is 43.8 Å². The van der Waals surface area contributed by atoms with Crippen molar-refractivity contribution in [2.75, 3.05) is 9.80 Å². The third kappa shape index (κ3) is 4.98. The van der Waals surface area contributed by atoms with Crippen LogP contribution in [-0.4, -0.2) is 0 Å². The van der Waals surface area contributed by atoms with Crippen LogP contribution in [0.1, 0.15) is 49.9 Å². The lowest BCUT2D eigenvalue weighted by atomic mass is 9.70. The Balaban J connectivity index is 1.25. The van der Waals surface area contributed by atoms with Gasteiger partial charge in [-0.3, -0.25) is 0 Å². The highest BCUT2D eigenvalue weighted by molar-refractivity contribution is 6.11. The molecule has 0 amide bonds. The number of para-hydroxylation sites is 1. The molecule has 2 aliphatic rings. The zero-order valence-corrected chi connectivity index (χ0v) is 33.4. The molecular weight excluding hydrogens is 701 g/mol. The maximum absolute atomic E-state index is 2.57. The maximum Gasteiger partial charge on any atom is 0.0781 e. The van der Waals surface area contributed by atoms with Crippen LogP contribution in [0.2, 0.25) is 0 Å². The summed E-state index contributed by atoms with van der Waals surface area (Å²) in [6.07, 6.45) is 0. The Morgan fingerprint density at radius 2 is 1.00 bits per heavy atom. The summed E-state index contributed by atoms with van der Waals surface area (Å²) >= 11 is 0. The quantitative estimate of drug-likeness (QED) is 0.173. The highest BCUT2D eigenvalue weighted by Gasteiger charge is 2.41. The summed E-state index contributed by atoms with van der Waals surface area (Å²) in [5, 5.41) is 4.82. The summed E-state index contributed by atoms with van der Waals surface area (Å²) in [5.74, 6) is 0. The predicted molar refractivity (Wildman–Crippen MR) is 246 cm³/mol. The normalized spacial score (nSPS) is 14.4. The standard InChI is InChI=1S/C56H44N2/c1-55(2)46-27-13-12-25-44(46)45-34-33-40(36-48(45)55)57(49-30-16-22-37-20-8-10-23-41(37)49)52-35-32-39-21-9-11-24-43(39)54(52)58-50-29-15-14-28-47(50)56(3,4)53-42(26-17-31-51(53)58)38-18-6-5-7-19-38/h5-36H,1-4H3. The Labute approximate surface area is 341 Å². The molecule has 0 aromatic heterocycles. The van der Waals surface area contributed by atoms with Gasteiger partial charge in [-0.2, -0.15) is 0 Å². The first kappa shape index (κ1) is 34.4. The van der Waals surface area contributed by atoms with Gasteiger partial charge in [0.25, 0.3) is 0 Å². The Bertz CT molecular complexity index is 3080. The zero-order chi connectivity index (χ0) is 39.2. The van der Waals surface area contributed by atoms with Gasteiger partial charge in [0, 0.05) is 27.3 Å². The number of hydrogen-bond acceptors (Lipinski definition) is 2. The van der Waals surface area contributed by atoms with Gasteiger partial charge >= 0.3 is 0 Å². The fourth-order valence-electron chi connectivity index (χ4n) is 10.2. The van der Waals surface area contributed by atoms with Gasteiger partial charge in [-0.15, -0.1) is 0 Å². The largest absolute Gasteiger partial charge is 0.308 e. The summed E-state index contributed by atoms with van der Waals surface area (Å²) < 4.78 is 0. The molecule has 0 unspecified atom stereocenters. The van der Waals surface area contributed by atoms with Crippen LogP contribution in [0.4, 0.5) is 34.1 Å². The van der Waals surface area contributed by atoms with E-state index in [-0.39, 0.29) is 10.8 Å². The fraction of sp³-hybridized carbons (Fsp3) is 0.107. The molecule has 0 radical (unpaired) electrons. The van der Waals surface area contributed by atoms with Crippen molar-refractivity contribution in [3.63, 3.8) is 0 Å². The summed E-state index contributed by atoms with van der Waals surface area (Å²) in [5.41, 5.74) is 17.0.